The van der Waals surface area contributed by atoms with Crippen molar-refractivity contribution in [1.29, 1.82) is 0 Å². The number of fused-ring (bicyclic) bond motifs is 3. The van der Waals surface area contributed by atoms with E-state index < -0.39 is 48.8 Å². The van der Waals surface area contributed by atoms with Crippen molar-refractivity contribution >= 4 is 58.1 Å². The summed E-state index contributed by atoms with van der Waals surface area (Å²) in [6.07, 6.45) is 0. The molecule has 0 atom stereocenters. The van der Waals surface area contributed by atoms with Gasteiger partial charge in [-0.2, -0.15) is 13.2 Å². The van der Waals surface area contributed by atoms with Gasteiger partial charge in [0.15, 0.2) is 10.1 Å². The normalized spacial score (nSPS) is 12.5. The standard InChI is InChI=1S/C15H10F3N2O4Te.CHF3O3S/c1-7-3-9-10-4-8(2)12(20(23)24)6-14(10)25(15(16,17)18)13(9)5-11(7)19(21)22;2-1(3,4)8(5,6)7/h3-6H,1-2H3;(H,5,6,7)/q+1;/p-1. The summed E-state index contributed by atoms with van der Waals surface area (Å²) in [4.78, 5) is 20.8. The molecule has 0 amide bonds. The van der Waals surface area contributed by atoms with Crippen molar-refractivity contribution < 1.29 is 49.2 Å². The quantitative estimate of drug-likeness (QED) is 0.102. The Labute approximate surface area is 186 Å². The van der Waals surface area contributed by atoms with Gasteiger partial charge < -0.3 is 4.55 Å². The molecule has 0 saturated carbocycles. The Bertz CT molecular complexity index is 1320. The molecule has 33 heavy (non-hydrogen) atoms. The molecule has 0 N–H and O–H groups in total. The maximum absolute atomic E-state index is 13.7. The largest absolute Gasteiger partial charge is 0.741 e. The molecule has 0 spiro atoms. The Morgan fingerprint density at radius 2 is 1.09 bits per heavy atom. The van der Waals surface area contributed by atoms with E-state index in [4.69, 9.17) is 13.0 Å². The van der Waals surface area contributed by atoms with E-state index in [1.807, 2.05) is 0 Å². The van der Waals surface area contributed by atoms with Crippen LogP contribution in [0.15, 0.2) is 24.3 Å². The topological polar surface area (TPSA) is 143 Å². The second-order valence-electron chi connectivity index (χ2n) is 6.44. The van der Waals surface area contributed by atoms with E-state index in [2.05, 4.69) is 0 Å². The third-order valence-electron chi connectivity index (χ3n) is 4.23. The Morgan fingerprint density at radius 1 is 0.788 bits per heavy atom. The molecule has 17 heteroatoms. The van der Waals surface area contributed by atoms with Gasteiger partial charge in [0.1, 0.15) is 0 Å². The minimum absolute atomic E-state index is 0.0803. The van der Waals surface area contributed by atoms with Gasteiger partial charge in [-0.1, -0.05) is 0 Å². The third-order valence-corrected chi connectivity index (χ3v) is 10.6. The average Bonchev–Trinajstić information content (AvgIpc) is 2.91. The molecular formula is C16H10F6N2O7STe. The Hall–Kier alpha value is -2.48. The first-order valence-electron chi connectivity index (χ1n) is 8.19. The predicted octanol–water partition coefficient (Wildman–Crippen LogP) is 4.70. The number of alkyl halides is 6. The molecule has 0 radical (unpaired) electrons. The fraction of sp³-hybridized carbons (Fsp3) is 0.250. The molecule has 1 heterocycles. The van der Waals surface area contributed by atoms with Crippen LogP contribution in [0.25, 0.3) is 17.6 Å². The molecule has 3 rings (SSSR count). The SMILES string of the molecule is Cc1cc2c3cc(C)c([N+](=O)[O-])cc3[te+](C(F)(F)F)c2cc1[N+](=O)[O-].O=S(=O)([O-])C(F)(F)F. The molecular weight excluding hydrogens is 606 g/mol. The van der Waals surface area contributed by atoms with Crippen LogP contribution in [0.2, 0.25) is 0 Å². The van der Waals surface area contributed by atoms with Gasteiger partial charge in [0.05, 0.1) is 0 Å². The first-order valence-corrected chi connectivity index (χ1v) is 13.1. The van der Waals surface area contributed by atoms with Crippen LogP contribution in [0.4, 0.5) is 37.7 Å². The molecule has 0 aliphatic rings. The van der Waals surface area contributed by atoms with Crippen LogP contribution >= 0.6 is 0 Å². The van der Waals surface area contributed by atoms with Gasteiger partial charge >= 0.3 is 150 Å². The van der Waals surface area contributed by atoms with Crippen molar-refractivity contribution in [2.45, 2.75) is 23.6 Å². The van der Waals surface area contributed by atoms with E-state index >= 15 is 0 Å². The minimum Gasteiger partial charge on any atom is -0.741 e. The molecule has 0 saturated heterocycles. The van der Waals surface area contributed by atoms with Crippen LogP contribution in [-0.4, -0.2) is 47.4 Å². The number of nitro benzene ring substituents is 2. The summed E-state index contributed by atoms with van der Waals surface area (Å²) in [5.74, 6) is 0. The molecule has 180 valence electrons. The van der Waals surface area contributed by atoms with Crippen LogP contribution < -0.4 is 0 Å². The van der Waals surface area contributed by atoms with Crippen LogP contribution in [0.1, 0.15) is 11.1 Å². The van der Waals surface area contributed by atoms with Gasteiger partial charge in [0, 0.05) is 0 Å². The number of nitro groups is 2. The van der Waals surface area contributed by atoms with Gasteiger partial charge in [0.25, 0.3) is 0 Å². The first kappa shape index (κ1) is 26.8. The number of hydrogen-bond acceptors (Lipinski definition) is 7. The second kappa shape index (κ2) is 8.70. The van der Waals surface area contributed by atoms with Crippen LogP contribution in [0.5, 0.6) is 0 Å². The number of aryl methyl sites for hydroxylation is 2. The molecule has 3 aromatic rings. The van der Waals surface area contributed by atoms with Crippen LogP contribution in [0.3, 0.4) is 0 Å². The zero-order chi connectivity index (χ0) is 25.7. The molecule has 0 aliphatic carbocycles. The van der Waals surface area contributed by atoms with Gasteiger partial charge in [-0.25, -0.2) is 8.42 Å². The number of benzene rings is 2. The molecule has 1 aromatic heterocycles. The fourth-order valence-corrected chi connectivity index (χ4v) is 8.50. The van der Waals surface area contributed by atoms with E-state index in [0.717, 1.165) is 12.1 Å². The molecule has 0 aliphatic heterocycles. The summed E-state index contributed by atoms with van der Waals surface area (Å²) < 4.78 is 95.3. The maximum Gasteiger partial charge on any atom is 0.485 e. The zero-order valence-electron chi connectivity index (χ0n) is 16.1. The molecule has 9 nitrogen and oxygen atoms in total. The van der Waals surface area contributed by atoms with Crippen molar-refractivity contribution in [3.8, 4) is 0 Å². The molecule has 0 fully saturated rings. The summed E-state index contributed by atoms with van der Waals surface area (Å²) in [7, 11) is -6.09. The fourth-order valence-electron chi connectivity index (χ4n) is 2.87. The molecule has 2 aromatic carbocycles. The summed E-state index contributed by atoms with van der Waals surface area (Å²) in [6, 6.07) is 4.75. The van der Waals surface area contributed by atoms with Crippen LogP contribution in [0, 0.1) is 34.1 Å². The summed E-state index contributed by atoms with van der Waals surface area (Å²) in [6.45, 7) is 2.92. The smallest absolute Gasteiger partial charge is 0.485 e. The number of hydrogen-bond donors (Lipinski definition) is 0. The maximum atomic E-state index is 13.7. The van der Waals surface area contributed by atoms with Crippen molar-refractivity contribution in [2.75, 3.05) is 0 Å². The van der Waals surface area contributed by atoms with E-state index in [1.54, 1.807) is 0 Å². The zero-order valence-corrected chi connectivity index (χ0v) is 19.3. The number of rotatable bonds is 2. The Morgan fingerprint density at radius 3 is 1.30 bits per heavy atom. The minimum atomic E-state index is -6.09. The Balaban J connectivity index is 0.000000414. The Kier molecular flexibility index (Phi) is 7.06. The van der Waals surface area contributed by atoms with Gasteiger partial charge in [0.2, 0.25) is 0 Å². The van der Waals surface area contributed by atoms with E-state index in [-0.39, 0.29) is 29.3 Å². The molecule has 0 unspecified atom stereocenters. The second-order valence-corrected chi connectivity index (χ2v) is 13.4. The van der Waals surface area contributed by atoms with Gasteiger partial charge in [-0.3, -0.25) is 0 Å². The van der Waals surface area contributed by atoms with Gasteiger partial charge in [-0.05, 0) is 0 Å². The van der Waals surface area contributed by atoms with Crippen molar-refractivity contribution in [3.63, 3.8) is 0 Å². The summed E-state index contributed by atoms with van der Waals surface area (Å²) in [5.41, 5.74) is -5.87. The van der Waals surface area contributed by atoms with Crippen molar-refractivity contribution in [1.82, 2.24) is 0 Å². The molecule has 0 bridgehead atoms. The third kappa shape index (κ3) is 5.37. The van der Waals surface area contributed by atoms with Crippen molar-refractivity contribution in [2.24, 2.45) is 0 Å². The average molecular weight is 616 g/mol. The summed E-state index contributed by atoms with van der Waals surface area (Å²) >= 11 is -4.24. The predicted molar refractivity (Wildman–Crippen MR) is 103 cm³/mol. The van der Waals surface area contributed by atoms with E-state index in [0.29, 0.717) is 10.8 Å². The number of nitrogens with zero attached hydrogens (tertiary/aromatic N) is 2. The van der Waals surface area contributed by atoms with E-state index in [9.17, 15) is 46.6 Å². The monoisotopic (exact) mass is 618 g/mol. The van der Waals surface area contributed by atoms with Crippen LogP contribution in [-0.2, 0) is 14.3 Å². The first-order chi connectivity index (χ1) is 14.8. The van der Waals surface area contributed by atoms with E-state index in [1.165, 1.54) is 26.0 Å². The van der Waals surface area contributed by atoms with Crippen molar-refractivity contribution in [3.05, 3.63) is 55.6 Å². The van der Waals surface area contributed by atoms with Gasteiger partial charge in [-0.15, -0.1) is 0 Å². The number of halogens is 6. The summed E-state index contributed by atoms with van der Waals surface area (Å²) in [5, 5.41) is 22.8.